The molecule has 0 aliphatic rings. The molecule has 0 saturated heterocycles. The Morgan fingerprint density at radius 3 is 2.14 bits per heavy atom. The molecule has 4 aromatic rings. The zero-order valence-electron chi connectivity index (χ0n) is 19.6. The Balaban J connectivity index is 1.52. The van der Waals surface area contributed by atoms with E-state index in [0.717, 1.165) is 17.9 Å². The average molecular weight is 499 g/mol. The minimum Gasteiger partial charge on any atom is -0.490 e. The zero-order valence-corrected chi connectivity index (χ0v) is 19.6. The minimum absolute atomic E-state index is 0.143. The number of nitro groups is 2. The zero-order chi connectivity index (χ0) is 26.2. The van der Waals surface area contributed by atoms with Gasteiger partial charge in [0.1, 0.15) is 11.5 Å². The normalized spacial score (nSPS) is 10.7. The molecule has 0 N–H and O–H groups in total. The molecule has 10 heteroatoms. The summed E-state index contributed by atoms with van der Waals surface area (Å²) in [5.74, 6) is 1.84. The second-order valence-electron chi connectivity index (χ2n) is 7.57. The summed E-state index contributed by atoms with van der Waals surface area (Å²) in [5.41, 5.74) is 0.482. The van der Waals surface area contributed by atoms with Gasteiger partial charge < -0.3 is 14.2 Å². The predicted octanol–water partition coefficient (Wildman–Crippen LogP) is 7.24. The number of para-hydroxylation sites is 1. The molecule has 0 unspecified atom stereocenters. The Hall–Kier alpha value is -5.25. The summed E-state index contributed by atoms with van der Waals surface area (Å²) in [4.78, 5) is 25.4. The number of aliphatic imine (C=N–C) groups is 1. The van der Waals surface area contributed by atoms with Crippen LogP contribution in [0.5, 0.6) is 28.7 Å². The van der Waals surface area contributed by atoms with Crippen molar-refractivity contribution >= 4 is 23.3 Å². The van der Waals surface area contributed by atoms with Crippen LogP contribution in [-0.4, -0.2) is 22.7 Å². The molecule has 37 heavy (non-hydrogen) atoms. The molecule has 4 aromatic carbocycles. The van der Waals surface area contributed by atoms with Crippen LogP contribution in [0.15, 0.2) is 96.0 Å². The summed E-state index contributed by atoms with van der Waals surface area (Å²) in [7, 11) is 0. The topological polar surface area (TPSA) is 126 Å². The summed E-state index contributed by atoms with van der Waals surface area (Å²) >= 11 is 0. The van der Waals surface area contributed by atoms with Crippen molar-refractivity contribution in [3.8, 4) is 28.7 Å². The van der Waals surface area contributed by atoms with E-state index in [1.54, 1.807) is 31.3 Å². The van der Waals surface area contributed by atoms with Gasteiger partial charge in [-0.2, -0.15) is 0 Å². The Morgan fingerprint density at radius 1 is 0.757 bits per heavy atom. The van der Waals surface area contributed by atoms with E-state index in [0.29, 0.717) is 29.4 Å². The van der Waals surface area contributed by atoms with Crippen molar-refractivity contribution in [2.45, 2.75) is 6.92 Å². The molecule has 10 nitrogen and oxygen atoms in total. The molecule has 0 atom stereocenters. The maximum atomic E-state index is 11.4. The number of nitro benzene ring substituents is 2. The number of nitrogens with zero attached hydrogens (tertiary/aromatic N) is 3. The average Bonchev–Trinajstić information content (AvgIpc) is 2.90. The third kappa shape index (κ3) is 6.45. The molecule has 0 saturated carbocycles. The molecular formula is C27H21N3O7. The van der Waals surface area contributed by atoms with Crippen molar-refractivity contribution < 1.29 is 24.1 Å². The van der Waals surface area contributed by atoms with Gasteiger partial charge >= 0.3 is 5.69 Å². The first-order valence-corrected chi connectivity index (χ1v) is 11.2. The third-order valence-electron chi connectivity index (χ3n) is 5.02. The number of non-ortho nitro benzene ring substituents is 1. The van der Waals surface area contributed by atoms with E-state index in [2.05, 4.69) is 4.99 Å². The number of hydrogen-bond acceptors (Lipinski definition) is 8. The van der Waals surface area contributed by atoms with Gasteiger partial charge in [0.2, 0.25) is 5.75 Å². The molecule has 0 bridgehead atoms. The van der Waals surface area contributed by atoms with Gasteiger partial charge in [-0.05, 0) is 73.2 Å². The number of ether oxygens (including phenoxy) is 3. The fraction of sp³-hybridized carbons (Fsp3) is 0.0741. The standard InChI is InChI=1S/C27H21N3O7/c1-2-35-27-16-19(18-28-20-9-12-23(13-10-20)36-22-6-4-3-5-7-22)8-14-26(27)37-25-15-11-21(29(31)32)17-24(25)30(33)34/h3-18H,2H2,1H3. The fourth-order valence-electron chi connectivity index (χ4n) is 3.30. The van der Waals surface area contributed by atoms with Gasteiger partial charge in [0.05, 0.1) is 28.2 Å². The molecule has 0 aliphatic heterocycles. The van der Waals surface area contributed by atoms with Crippen molar-refractivity contribution in [1.82, 2.24) is 0 Å². The van der Waals surface area contributed by atoms with E-state index < -0.39 is 21.2 Å². The molecule has 0 heterocycles. The molecule has 0 fully saturated rings. The van der Waals surface area contributed by atoms with Crippen LogP contribution in [0.25, 0.3) is 0 Å². The van der Waals surface area contributed by atoms with Gasteiger partial charge in [0.25, 0.3) is 5.69 Å². The van der Waals surface area contributed by atoms with Crippen molar-refractivity contribution in [3.05, 3.63) is 117 Å². The highest BCUT2D eigenvalue weighted by Crippen LogP contribution is 2.38. The Kier molecular flexibility index (Phi) is 7.69. The third-order valence-corrected chi connectivity index (χ3v) is 5.02. The highest BCUT2D eigenvalue weighted by molar-refractivity contribution is 5.83. The van der Waals surface area contributed by atoms with Gasteiger partial charge in [-0.3, -0.25) is 25.2 Å². The van der Waals surface area contributed by atoms with Crippen molar-refractivity contribution in [2.75, 3.05) is 6.61 Å². The first kappa shape index (κ1) is 24.9. The summed E-state index contributed by atoms with van der Waals surface area (Å²) in [6, 6.07) is 24.9. The molecule has 4 rings (SSSR count). The molecule has 0 amide bonds. The van der Waals surface area contributed by atoms with Gasteiger partial charge in [0, 0.05) is 12.3 Å². The quantitative estimate of drug-likeness (QED) is 0.128. The minimum atomic E-state index is -0.736. The van der Waals surface area contributed by atoms with Crippen LogP contribution in [0, 0.1) is 20.2 Å². The van der Waals surface area contributed by atoms with Crippen LogP contribution in [0.2, 0.25) is 0 Å². The van der Waals surface area contributed by atoms with Crippen molar-refractivity contribution in [2.24, 2.45) is 4.99 Å². The first-order valence-electron chi connectivity index (χ1n) is 11.2. The van der Waals surface area contributed by atoms with E-state index in [-0.39, 0.29) is 11.5 Å². The van der Waals surface area contributed by atoms with Crippen molar-refractivity contribution in [1.29, 1.82) is 0 Å². The molecule has 186 valence electrons. The Morgan fingerprint density at radius 2 is 1.46 bits per heavy atom. The largest absolute Gasteiger partial charge is 0.490 e. The second-order valence-corrected chi connectivity index (χ2v) is 7.57. The highest BCUT2D eigenvalue weighted by atomic mass is 16.6. The van der Waals surface area contributed by atoms with Crippen LogP contribution in [-0.2, 0) is 0 Å². The van der Waals surface area contributed by atoms with E-state index in [1.165, 1.54) is 6.07 Å². The van der Waals surface area contributed by atoms with E-state index in [9.17, 15) is 20.2 Å². The summed E-state index contributed by atoms with van der Waals surface area (Å²) < 4.78 is 17.2. The van der Waals surface area contributed by atoms with E-state index in [4.69, 9.17) is 14.2 Å². The lowest BCUT2D eigenvalue weighted by atomic mass is 10.2. The monoisotopic (exact) mass is 499 g/mol. The lowest BCUT2D eigenvalue weighted by Gasteiger charge is -2.12. The summed E-state index contributed by atoms with van der Waals surface area (Å²) in [6.45, 7) is 2.11. The van der Waals surface area contributed by atoms with Gasteiger partial charge in [-0.25, -0.2) is 0 Å². The Labute approximate surface area is 211 Å². The van der Waals surface area contributed by atoms with Gasteiger partial charge in [0.15, 0.2) is 11.5 Å². The molecular weight excluding hydrogens is 478 g/mol. The van der Waals surface area contributed by atoms with Crippen LogP contribution in [0.3, 0.4) is 0 Å². The Bertz CT molecular complexity index is 1440. The second kappa shape index (κ2) is 11.5. The lowest BCUT2D eigenvalue weighted by molar-refractivity contribution is -0.394. The van der Waals surface area contributed by atoms with Gasteiger partial charge in [-0.15, -0.1) is 0 Å². The number of rotatable bonds is 10. The van der Waals surface area contributed by atoms with Gasteiger partial charge in [-0.1, -0.05) is 18.2 Å². The van der Waals surface area contributed by atoms with Crippen LogP contribution < -0.4 is 14.2 Å². The fourth-order valence-corrected chi connectivity index (χ4v) is 3.30. The summed E-state index contributed by atoms with van der Waals surface area (Å²) in [5, 5.41) is 22.4. The van der Waals surface area contributed by atoms with E-state index >= 15 is 0 Å². The van der Waals surface area contributed by atoms with Crippen molar-refractivity contribution in [3.63, 3.8) is 0 Å². The lowest BCUT2D eigenvalue weighted by Crippen LogP contribution is -1.99. The molecule has 0 radical (unpaired) electrons. The molecule has 0 aromatic heterocycles. The first-order chi connectivity index (χ1) is 17.9. The molecule has 0 spiro atoms. The van der Waals surface area contributed by atoms with E-state index in [1.807, 2.05) is 54.6 Å². The predicted molar refractivity (Wildman–Crippen MR) is 138 cm³/mol. The van der Waals surface area contributed by atoms with Crippen LogP contribution >= 0.6 is 0 Å². The smallest absolute Gasteiger partial charge is 0.318 e. The summed E-state index contributed by atoms with van der Waals surface area (Å²) in [6.07, 6.45) is 1.65. The molecule has 0 aliphatic carbocycles. The number of benzene rings is 4. The SMILES string of the molecule is CCOc1cc(C=Nc2ccc(Oc3ccccc3)cc2)ccc1Oc1ccc([N+](=O)[O-])cc1[N+](=O)[O-]. The maximum absolute atomic E-state index is 11.4. The number of hydrogen-bond donors (Lipinski definition) is 0. The van der Waals surface area contributed by atoms with Crippen LogP contribution in [0.4, 0.5) is 17.1 Å². The van der Waals surface area contributed by atoms with Crippen LogP contribution in [0.1, 0.15) is 12.5 Å². The highest BCUT2D eigenvalue weighted by Gasteiger charge is 2.22. The maximum Gasteiger partial charge on any atom is 0.318 e.